The summed E-state index contributed by atoms with van der Waals surface area (Å²) < 4.78 is 5.57. The second kappa shape index (κ2) is 7.52. The fraction of sp³-hybridized carbons (Fsp3) is 0.286. The molecule has 134 valence electrons. The van der Waals surface area contributed by atoms with Crippen molar-refractivity contribution in [2.24, 2.45) is 0 Å². The first kappa shape index (κ1) is 17.9. The van der Waals surface area contributed by atoms with E-state index in [1.54, 1.807) is 0 Å². The number of amides is 1. The van der Waals surface area contributed by atoms with Crippen molar-refractivity contribution in [2.75, 3.05) is 5.32 Å². The van der Waals surface area contributed by atoms with E-state index in [1.165, 1.54) is 5.56 Å². The third kappa shape index (κ3) is 4.17. The molecule has 3 rings (SSSR count). The number of benzene rings is 2. The highest BCUT2D eigenvalue weighted by atomic mass is 16.4. The topological polar surface area (TPSA) is 68.0 Å². The zero-order chi connectivity index (χ0) is 18.7. The van der Waals surface area contributed by atoms with Crippen molar-refractivity contribution in [2.45, 2.75) is 40.0 Å². The normalized spacial score (nSPS) is 11.0. The summed E-state index contributed by atoms with van der Waals surface area (Å²) in [6, 6.07) is 14.2. The molecule has 0 spiro atoms. The zero-order valence-electron chi connectivity index (χ0n) is 15.5. The number of carbonyl (C=O) groups is 1. The Bertz CT molecular complexity index is 911. The van der Waals surface area contributed by atoms with Crippen LogP contribution >= 0.6 is 0 Å². The monoisotopic (exact) mass is 349 g/mol. The maximum Gasteiger partial charge on any atom is 0.322 e. The third-order valence-corrected chi connectivity index (χ3v) is 4.33. The summed E-state index contributed by atoms with van der Waals surface area (Å²) in [4.78, 5) is 12.4. The van der Waals surface area contributed by atoms with Gasteiger partial charge in [-0.05, 0) is 42.5 Å². The molecule has 1 heterocycles. The maximum absolute atomic E-state index is 12.4. The molecule has 0 aliphatic rings. The predicted molar refractivity (Wildman–Crippen MR) is 102 cm³/mol. The van der Waals surface area contributed by atoms with Gasteiger partial charge in [-0.15, -0.1) is 5.10 Å². The number of anilines is 1. The van der Waals surface area contributed by atoms with E-state index >= 15 is 0 Å². The number of carbonyl (C=O) groups excluding carboxylic acids is 1. The number of aromatic nitrogens is 2. The van der Waals surface area contributed by atoms with Crippen LogP contribution in [0.25, 0.3) is 0 Å². The van der Waals surface area contributed by atoms with E-state index in [9.17, 15) is 4.79 Å². The smallest absolute Gasteiger partial charge is 0.322 e. The van der Waals surface area contributed by atoms with Gasteiger partial charge in [-0.3, -0.25) is 10.1 Å². The molecular formula is C21H23N3O2. The van der Waals surface area contributed by atoms with Gasteiger partial charge in [-0.25, -0.2) is 0 Å². The highest BCUT2D eigenvalue weighted by Crippen LogP contribution is 2.18. The molecule has 1 N–H and O–H groups in total. The molecule has 3 aromatic rings. The molecule has 1 amide bonds. The van der Waals surface area contributed by atoms with Crippen LogP contribution in [0.2, 0.25) is 0 Å². The Morgan fingerprint density at radius 3 is 2.50 bits per heavy atom. The van der Waals surface area contributed by atoms with Crippen LogP contribution < -0.4 is 5.32 Å². The van der Waals surface area contributed by atoms with Crippen LogP contribution in [0.15, 0.2) is 46.9 Å². The van der Waals surface area contributed by atoms with Crippen molar-refractivity contribution in [1.29, 1.82) is 0 Å². The summed E-state index contributed by atoms with van der Waals surface area (Å²) in [6.45, 7) is 8.18. The quantitative estimate of drug-likeness (QED) is 0.728. The third-order valence-electron chi connectivity index (χ3n) is 4.33. The lowest BCUT2D eigenvalue weighted by Gasteiger charge is -2.06. The van der Waals surface area contributed by atoms with Crippen LogP contribution in [0.5, 0.6) is 0 Å². The molecule has 0 saturated carbocycles. The largest absolute Gasteiger partial charge is 0.407 e. The molecule has 0 radical (unpaired) electrons. The number of hydrogen-bond donors (Lipinski definition) is 1. The van der Waals surface area contributed by atoms with Crippen LogP contribution in [0, 0.1) is 13.8 Å². The lowest BCUT2D eigenvalue weighted by Crippen LogP contribution is -2.13. The number of nitrogens with zero attached hydrogens (tertiary/aromatic N) is 2. The van der Waals surface area contributed by atoms with Gasteiger partial charge in [0.25, 0.3) is 5.91 Å². The van der Waals surface area contributed by atoms with Gasteiger partial charge in [0.15, 0.2) is 0 Å². The SMILES string of the molecule is Cc1ccc(C)c(C(=O)Nc2nnc(Cc3ccc(C(C)C)cc3)o2)c1. The number of aryl methyl sites for hydroxylation is 2. The molecule has 0 atom stereocenters. The van der Waals surface area contributed by atoms with Gasteiger partial charge in [-0.2, -0.15) is 0 Å². The first-order valence-electron chi connectivity index (χ1n) is 8.72. The van der Waals surface area contributed by atoms with Crippen molar-refractivity contribution < 1.29 is 9.21 Å². The predicted octanol–water partition coefficient (Wildman–Crippen LogP) is 4.65. The van der Waals surface area contributed by atoms with Gasteiger partial charge in [0, 0.05) is 5.56 Å². The van der Waals surface area contributed by atoms with Crippen LogP contribution in [-0.4, -0.2) is 16.1 Å². The van der Waals surface area contributed by atoms with E-state index in [-0.39, 0.29) is 11.9 Å². The minimum atomic E-state index is -0.248. The second-order valence-corrected chi connectivity index (χ2v) is 6.85. The summed E-state index contributed by atoms with van der Waals surface area (Å²) in [5, 5.41) is 10.6. The van der Waals surface area contributed by atoms with Crippen molar-refractivity contribution in [3.63, 3.8) is 0 Å². The molecule has 2 aromatic carbocycles. The van der Waals surface area contributed by atoms with Crippen molar-refractivity contribution >= 4 is 11.9 Å². The average molecular weight is 349 g/mol. The Morgan fingerprint density at radius 1 is 1.08 bits per heavy atom. The van der Waals surface area contributed by atoms with Crippen LogP contribution in [0.3, 0.4) is 0 Å². The van der Waals surface area contributed by atoms with Crippen LogP contribution in [-0.2, 0) is 6.42 Å². The molecule has 1 aromatic heterocycles. The lowest BCUT2D eigenvalue weighted by atomic mass is 10.0. The van der Waals surface area contributed by atoms with E-state index in [0.29, 0.717) is 23.8 Å². The van der Waals surface area contributed by atoms with Gasteiger partial charge in [0.1, 0.15) is 0 Å². The molecule has 0 unspecified atom stereocenters. The Morgan fingerprint density at radius 2 is 1.81 bits per heavy atom. The molecule has 0 saturated heterocycles. The maximum atomic E-state index is 12.4. The Balaban J connectivity index is 1.68. The van der Waals surface area contributed by atoms with Gasteiger partial charge < -0.3 is 4.42 Å². The highest BCUT2D eigenvalue weighted by molar-refractivity contribution is 6.04. The van der Waals surface area contributed by atoms with Crippen molar-refractivity contribution in [1.82, 2.24) is 10.2 Å². The standard InChI is InChI=1S/C21H23N3O2/c1-13(2)17-9-7-16(8-10-17)12-19-23-24-21(26-19)22-20(25)18-11-14(3)5-6-15(18)4/h5-11,13H,12H2,1-4H3,(H,22,24,25). The summed E-state index contributed by atoms with van der Waals surface area (Å²) in [5.74, 6) is 0.723. The Labute approximate surface area is 153 Å². The summed E-state index contributed by atoms with van der Waals surface area (Å²) in [5.41, 5.74) is 4.91. The van der Waals surface area contributed by atoms with E-state index in [0.717, 1.165) is 16.7 Å². The lowest BCUT2D eigenvalue weighted by molar-refractivity contribution is 0.102. The van der Waals surface area contributed by atoms with Gasteiger partial charge in [0.05, 0.1) is 6.42 Å². The number of hydrogen-bond acceptors (Lipinski definition) is 4. The minimum absolute atomic E-state index is 0.115. The first-order chi connectivity index (χ1) is 12.4. The van der Waals surface area contributed by atoms with E-state index in [1.807, 2.05) is 32.0 Å². The molecule has 0 bridgehead atoms. The minimum Gasteiger partial charge on any atom is -0.407 e. The van der Waals surface area contributed by atoms with Gasteiger partial charge in [0.2, 0.25) is 5.89 Å². The van der Waals surface area contributed by atoms with Gasteiger partial charge in [-0.1, -0.05) is 60.9 Å². The molecule has 0 aliphatic carbocycles. The Hall–Kier alpha value is -2.95. The van der Waals surface area contributed by atoms with E-state index < -0.39 is 0 Å². The summed E-state index contributed by atoms with van der Waals surface area (Å²) in [6.07, 6.45) is 0.532. The van der Waals surface area contributed by atoms with Gasteiger partial charge >= 0.3 is 6.01 Å². The van der Waals surface area contributed by atoms with E-state index in [4.69, 9.17) is 4.42 Å². The number of rotatable bonds is 5. The molecule has 5 nitrogen and oxygen atoms in total. The first-order valence-corrected chi connectivity index (χ1v) is 8.72. The molecular weight excluding hydrogens is 326 g/mol. The van der Waals surface area contributed by atoms with Crippen LogP contribution in [0.1, 0.15) is 58.3 Å². The molecule has 26 heavy (non-hydrogen) atoms. The zero-order valence-corrected chi connectivity index (χ0v) is 15.5. The Kier molecular flexibility index (Phi) is 5.16. The molecule has 0 aliphatic heterocycles. The highest BCUT2D eigenvalue weighted by Gasteiger charge is 2.14. The molecule has 5 heteroatoms. The van der Waals surface area contributed by atoms with E-state index in [2.05, 4.69) is 53.6 Å². The summed E-state index contributed by atoms with van der Waals surface area (Å²) in [7, 11) is 0. The van der Waals surface area contributed by atoms with Crippen molar-refractivity contribution in [3.8, 4) is 0 Å². The fourth-order valence-electron chi connectivity index (χ4n) is 2.72. The van der Waals surface area contributed by atoms with Crippen molar-refractivity contribution in [3.05, 3.63) is 76.2 Å². The number of nitrogens with one attached hydrogen (secondary N) is 1. The molecule has 0 fully saturated rings. The average Bonchev–Trinajstić information content (AvgIpc) is 3.04. The fourth-order valence-corrected chi connectivity index (χ4v) is 2.72. The summed E-state index contributed by atoms with van der Waals surface area (Å²) >= 11 is 0. The van der Waals surface area contributed by atoms with Crippen LogP contribution in [0.4, 0.5) is 6.01 Å². The second-order valence-electron chi connectivity index (χ2n) is 6.85.